The molecule has 2 N–H and O–H groups in total. The lowest BCUT2D eigenvalue weighted by atomic mass is 10.2. The van der Waals surface area contributed by atoms with Crippen LogP contribution in [-0.4, -0.2) is 31.1 Å². The molecule has 26 heavy (non-hydrogen) atoms. The summed E-state index contributed by atoms with van der Waals surface area (Å²) in [5.41, 5.74) is 1.15. The third kappa shape index (κ3) is 5.34. The molecular weight excluding hydrogens is 336 g/mol. The van der Waals surface area contributed by atoms with E-state index >= 15 is 0 Å². The summed E-state index contributed by atoms with van der Waals surface area (Å²) in [6.45, 7) is 1.67. The molecule has 0 aliphatic heterocycles. The minimum absolute atomic E-state index is 0.197. The van der Waals surface area contributed by atoms with Gasteiger partial charge >= 0.3 is 12.0 Å². The number of hydrogen-bond donors (Lipinski definition) is 2. The Morgan fingerprint density at radius 3 is 2.35 bits per heavy atom. The minimum Gasteiger partial charge on any atom is -0.488 e. The molecule has 0 bridgehead atoms. The van der Waals surface area contributed by atoms with Crippen molar-refractivity contribution in [2.45, 2.75) is 19.6 Å². The molecule has 0 radical (unpaired) electrons. The van der Waals surface area contributed by atoms with E-state index < -0.39 is 24.0 Å². The van der Waals surface area contributed by atoms with Crippen molar-refractivity contribution >= 4 is 17.9 Å². The predicted molar refractivity (Wildman–Crippen MR) is 94.7 cm³/mol. The maximum absolute atomic E-state index is 12.4. The first kappa shape index (κ1) is 19.0. The number of nitrogens with one attached hydrogen (secondary N) is 2. The fourth-order valence-electron chi connectivity index (χ4n) is 2.05. The van der Waals surface area contributed by atoms with Gasteiger partial charge in [0.05, 0.1) is 0 Å². The maximum atomic E-state index is 12.4. The summed E-state index contributed by atoms with van der Waals surface area (Å²) in [5.74, 6) is -1.09. The van der Waals surface area contributed by atoms with Crippen molar-refractivity contribution in [3.63, 3.8) is 0 Å². The van der Waals surface area contributed by atoms with E-state index in [1.165, 1.54) is 14.0 Å². The number of carbonyl (C=O) groups is 3. The van der Waals surface area contributed by atoms with E-state index in [-0.39, 0.29) is 12.2 Å². The number of esters is 1. The largest absolute Gasteiger partial charge is 0.488 e. The van der Waals surface area contributed by atoms with E-state index in [0.29, 0.717) is 5.75 Å². The zero-order valence-corrected chi connectivity index (χ0v) is 14.5. The Bertz CT molecular complexity index is 777. The van der Waals surface area contributed by atoms with Crippen LogP contribution >= 0.6 is 0 Å². The molecule has 0 aliphatic rings. The first-order valence-electron chi connectivity index (χ1n) is 8.00. The zero-order chi connectivity index (χ0) is 18.9. The Hall–Kier alpha value is -3.35. The molecule has 7 nitrogen and oxygen atoms in total. The molecule has 0 fully saturated rings. The van der Waals surface area contributed by atoms with Crippen molar-refractivity contribution in [1.29, 1.82) is 0 Å². The second kappa shape index (κ2) is 9.22. The van der Waals surface area contributed by atoms with E-state index in [2.05, 4.69) is 10.6 Å². The molecule has 0 aromatic heterocycles. The van der Waals surface area contributed by atoms with E-state index in [4.69, 9.17) is 9.47 Å². The summed E-state index contributed by atoms with van der Waals surface area (Å²) in [7, 11) is 1.37. The van der Waals surface area contributed by atoms with E-state index in [1.54, 1.807) is 24.3 Å². The molecular formula is C19H20N2O5. The molecule has 0 heterocycles. The first-order valence-corrected chi connectivity index (χ1v) is 8.00. The normalized spacial score (nSPS) is 11.2. The van der Waals surface area contributed by atoms with Crippen LogP contribution in [0.1, 0.15) is 22.8 Å². The summed E-state index contributed by atoms with van der Waals surface area (Å²) < 4.78 is 10.8. The van der Waals surface area contributed by atoms with Crippen molar-refractivity contribution < 1.29 is 23.9 Å². The smallest absolute Gasteiger partial charge is 0.342 e. The van der Waals surface area contributed by atoms with Gasteiger partial charge in [0.2, 0.25) is 0 Å². The highest BCUT2D eigenvalue weighted by Crippen LogP contribution is 2.21. The number of benzene rings is 2. The zero-order valence-electron chi connectivity index (χ0n) is 14.5. The highest BCUT2D eigenvalue weighted by atomic mass is 16.5. The maximum Gasteiger partial charge on any atom is 0.342 e. The molecule has 0 spiro atoms. The van der Waals surface area contributed by atoms with Crippen molar-refractivity contribution in [1.82, 2.24) is 10.6 Å². The quantitative estimate of drug-likeness (QED) is 0.775. The molecule has 2 aromatic carbocycles. The number of carbonyl (C=O) groups excluding carboxylic acids is 3. The van der Waals surface area contributed by atoms with Gasteiger partial charge in [-0.05, 0) is 24.6 Å². The van der Waals surface area contributed by atoms with Crippen LogP contribution in [0.15, 0.2) is 54.6 Å². The fraction of sp³-hybridized carbons (Fsp3) is 0.211. The lowest BCUT2D eigenvalue weighted by molar-refractivity contribution is -0.127. The number of hydrogen-bond acceptors (Lipinski definition) is 5. The molecule has 1 atom stereocenters. The Balaban J connectivity index is 2.02. The summed E-state index contributed by atoms with van der Waals surface area (Å²) in [6.07, 6.45) is -1.14. The SMILES string of the molecule is CNC(=O)NC(=O)[C@@H](C)OC(=O)c1ccccc1OCc1ccccc1. The summed E-state index contributed by atoms with van der Waals surface area (Å²) in [4.78, 5) is 35.3. The summed E-state index contributed by atoms with van der Waals surface area (Å²) in [6, 6.07) is 15.4. The second-order valence-corrected chi connectivity index (χ2v) is 5.39. The number of imide groups is 1. The van der Waals surface area contributed by atoms with Crippen LogP contribution in [0.4, 0.5) is 4.79 Å². The van der Waals surface area contributed by atoms with Crippen LogP contribution in [0.3, 0.4) is 0 Å². The fourth-order valence-corrected chi connectivity index (χ4v) is 2.05. The Morgan fingerprint density at radius 2 is 1.65 bits per heavy atom. The van der Waals surface area contributed by atoms with Crippen LogP contribution in [0.5, 0.6) is 5.75 Å². The molecule has 0 saturated carbocycles. The third-order valence-electron chi connectivity index (χ3n) is 3.46. The molecule has 2 rings (SSSR count). The van der Waals surface area contributed by atoms with Gasteiger partial charge in [-0.25, -0.2) is 9.59 Å². The predicted octanol–water partition coefficient (Wildman–Crippen LogP) is 2.27. The van der Waals surface area contributed by atoms with E-state index in [1.807, 2.05) is 30.3 Å². The lowest BCUT2D eigenvalue weighted by Gasteiger charge is -2.15. The summed E-state index contributed by atoms with van der Waals surface area (Å²) >= 11 is 0. The number of rotatable bonds is 6. The van der Waals surface area contributed by atoms with E-state index in [0.717, 1.165) is 5.56 Å². The van der Waals surface area contributed by atoms with Crippen molar-refractivity contribution in [2.24, 2.45) is 0 Å². The van der Waals surface area contributed by atoms with Gasteiger partial charge in [-0.3, -0.25) is 10.1 Å². The molecule has 136 valence electrons. The molecule has 3 amide bonds. The van der Waals surface area contributed by atoms with Gasteiger partial charge in [-0.1, -0.05) is 42.5 Å². The highest BCUT2D eigenvalue weighted by Gasteiger charge is 2.22. The van der Waals surface area contributed by atoms with Crippen LogP contribution in [0, 0.1) is 0 Å². The molecule has 7 heteroatoms. The number of ether oxygens (including phenoxy) is 2. The van der Waals surface area contributed by atoms with Crippen molar-refractivity contribution in [3.05, 3.63) is 65.7 Å². The van der Waals surface area contributed by atoms with Gasteiger partial charge in [0.15, 0.2) is 6.10 Å². The highest BCUT2D eigenvalue weighted by molar-refractivity contribution is 5.99. The van der Waals surface area contributed by atoms with Crippen LogP contribution in [0.25, 0.3) is 0 Å². The van der Waals surface area contributed by atoms with Gasteiger partial charge in [-0.2, -0.15) is 0 Å². The molecule has 2 aromatic rings. The number of amides is 3. The van der Waals surface area contributed by atoms with Gasteiger partial charge < -0.3 is 14.8 Å². The third-order valence-corrected chi connectivity index (χ3v) is 3.46. The van der Waals surface area contributed by atoms with Crippen molar-refractivity contribution in [2.75, 3.05) is 7.05 Å². The van der Waals surface area contributed by atoms with E-state index in [9.17, 15) is 14.4 Å². The molecule has 0 aliphatic carbocycles. The second-order valence-electron chi connectivity index (χ2n) is 5.39. The standard InChI is InChI=1S/C19H20N2O5/c1-13(17(22)21-19(24)20-2)26-18(23)15-10-6-7-11-16(15)25-12-14-8-4-3-5-9-14/h3-11,13H,12H2,1-2H3,(H2,20,21,22,24)/t13-/m1/s1. The van der Waals surface area contributed by atoms with Crippen LogP contribution in [0.2, 0.25) is 0 Å². The number of para-hydroxylation sites is 1. The van der Waals surface area contributed by atoms with Gasteiger partial charge in [-0.15, -0.1) is 0 Å². The molecule has 0 unspecified atom stereocenters. The first-order chi connectivity index (χ1) is 12.5. The average Bonchev–Trinajstić information content (AvgIpc) is 2.67. The summed E-state index contributed by atoms with van der Waals surface area (Å²) in [5, 5.41) is 4.30. The van der Waals surface area contributed by atoms with Crippen LogP contribution < -0.4 is 15.4 Å². The Morgan fingerprint density at radius 1 is 1.00 bits per heavy atom. The lowest BCUT2D eigenvalue weighted by Crippen LogP contribution is -2.43. The monoisotopic (exact) mass is 356 g/mol. The Kier molecular flexibility index (Phi) is 6.73. The Labute approximate surface area is 151 Å². The minimum atomic E-state index is -1.14. The van der Waals surface area contributed by atoms with Crippen LogP contribution in [-0.2, 0) is 16.1 Å². The van der Waals surface area contributed by atoms with Gasteiger partial charge in [0.25, 0.3) is 5.91 Å². The molecule has 0 saturated heterocycles. The average molecular weight is 356 g/mol. The number of urea groups is 1. The topological polar surface area (TPSA) is 93.7 Å². The van der Waals surface area contributed by atoms with Gasteiger partial charge in [0, 0.05) is 7.05 Å². The van der Waals surface area contributed by atoms with Crippen molar-refractivity contribution in [3.8, 4) is 5.75 Å². The van der Waals surface area contributed by atoms with Gasteiger partial charge in [0.1, 0.15) is 17.9 Å².